The van der Waals surface area contributed by atoms with Gasteiger partial charge in [-0.2, -0.15) is 0 Å². The maximum atomic E-state index is 9.86. The number of phenolic OH excluding ortho intramolecular Hbond substituents is 1. The number of hydrogen-bond acceptors (Lipinski definition) is 3. The summed E-state index contributed by atoms with van der Waals surface area (Å²) in [5, 5.41) is 13.2. The van der Waals surface area contributed by atoms with Crippen molar-refractivity contribution < 1.29 is 9.84 Å². The van der Waals surface area contributed by atoms with Gasteiger partial charge in [0.25, 0.3) is 0 Å². The molecule has 0 saturated carbocycles. The van der Waals surface area contributed by atoms with Gasteiger partial charge in [-0.05, 0) is 43.5 Å². The van der Waals surface area contributed by atoms with E-state index >= 15 is 0 Å². The zero-order chi connectivity index (χ0) is 11.4. The molecule has 1 aliphatic heterocycles. The Hall–Kier alpha value is -1.06. The third-order valence-electron chi connectivity index (χ3n) is 3.22. The van der Waals surface area contributed by atoms with Gasteiger partial charge in [0.05, 0.1) is 6.61 Å². The molecule has 0 spiro atoms. The van der Waals surface area contributed by atoms with Crippen molar-refractivity contribution in [3.05, 3.63) is 29.3 Å². The van der Waals surface area contributed by atoms with Crippen molar-refractivity contribution in [1.82, 2.24) is 5.32 Å². The van der Waals surface area contributed by atoms with Gasteiger partial charge in [0.2, 0.25) is 0 Å². The second kappa shape index (κ2) is 5.32. The minimum Gasteiger partial charge on any atom is -0.508 e. The molecule has 3 nitrogen and oxygen atoms in total. The van der Waals surface area contributed by atoms with E-state index in [1.54, 1.807) is 7.11 Å². The van der Waals surface area contributed by atoms with Gasteiger partial charge < -0.3 is 15.2 Å². The second-order valence-corrected chi connectivity index (χ2v) is 4.35. The van der Waals surface area contributed by atoms with Gasteiger partial charge in [-0.15, -0.1) is 0 Å². The van der Waals surface area contributed by atoms with Crippen LogP contribution in [-0.4, -0.2) is 25.3 Å². The molecule has 0 bridgehead atoms. The number of aromatic hydroxyl groups is 1. The Morgan fingerprint density at radius 3 is 2.75 bits per heavy atom. The summed E-state index contributed by atoms with van der Waals surface area (Å²) in [6, 6.07) is 5.98. The summed E-state index contributed by atoms with van der Waals surface area (Å²) in [4.78, 5) is 0. The molecule has 1 aromatic rings. The molecule has 2 N–H and O–H groups in total. The van der Waals surface area contributed by atoms with Crippen LogP contribution in [0.3, 0.4) is 0 Å². The van der Waals surface area contributed by atoms with Crippen LogP contribution in [0.25, 0.3) is 0 Å². The van der Waals surface area contributed by atoms with Crippen LogP contribution < -0.4 is 5.32 Å². The van der Waals surface area contributed by atoms with Crippen LogP contribution in [0, 0.1) is 0 Å². The first-order valence-electron chi connectivity index (χ1n) is 5.82. The van der Waals surface area contributed by atoms with E-state index in [-0.39, 0.29) is 0 Å². The second-order valence-electron chi connectivity index (χ2n) is 4.35. The van der Waals surface area contributed by atoms with Gasteiger partial charge in [-0.25, -0.2) is 0 Å². The first kappa shape index (κ1) is 11.4. The van der Waals surface area contributed by atoms with Crippen LogP contribution in [0.1, 0.15) is 29.9 Å². The molecule has 0 amide bonds. The molecule has 1 heterocycles. The van der Waals surface area contributed by atoms with Crippen LogP contribution in [0.2, 0.25) is 0 Å². The zero-order valence-electron chi connectivity index (χ0n) is 9.70. The predicted octanol–water partition coefficient (Wildman–Crippen LogP) is 2.01. The van der Waals surface area contributed by atoms with Crippen molar-refractivity contribution in [3.8, 4) is 5.75 Å². The molecule has 0 unspecified atom stereocenters. The van der Waals surface area contributed by atoms with E-state index in [0.29, 0.717) is 18.3 Å². The van der Waals surface area contributed by atoms with E-state index in [4.69, 9.17) is 4.74 Å². The van der Waals surface area contributed by atoms with E-state index < -0.39 is 0 Å². The SMILES string of the molecule is COCc1ccc(C2CCNCC2)cc1O. The minimum atomic E-state index is 0.359. The Bertz CT molecular complexity index is 346. The van der Waals surface area contributed by atoms with E-state index in [0.717, 1.165) is 31.5 Å². The lowest BCUT2D eigenvalue weighted by atomic mass is 9.89. The Balaban J connectivity index is 2.13. The van der Waals surface area contributed by atoms with Gasteiger partial charge >= 0.3 is 0 Å². The summed E-state index contributed by atoms with van der Waals surface area (Å²) in [7, 11) is 1.64. The quantitative estimate of drug-likeness (QED) is 0.820. The molecular formula is C13H19NO2. The molecule has 0 aromatic heterocycles. The molecule has 2 rings (SSSR count). The first-order valence-corrected chi connectivity index (χ1v) is 5.82. The van der Waals surface area contributed by atoms with Crippen molar-refractivity contribution in [2.75, 3.05) is 20.2 Å². The number of methoxy groups -OCH3 is 1. The number of benzene rings is 1. The Labute approximate surface area is 96.4 Å². The van der Waals surface area contributed by atoms with Crippen molar-refractivity contribution in [2.45, 2.75) is 25.4 Å². The number of phenols is 1. The van der Waals surface area contributed by atoms with Gasteiger partial charge in [0, 0.05) is 12.7 Å². The molecule has 0 atom stereocenters. The Morgan fingerprint density at radius 1 is 1.38 bits per heavy atom. The Kier molecular flexibility index (Phi) is 3.80. The maximum absolute atomic E-state index is 9.86. The van der Waals surface area contributed by atoms with Crippen LogP contribution >= 0.6 is 0 Å². The van der Waals surface area contributed by atoms with Gasteiger partial charge in [-0.3, -0.25) is 0 Å². The smallest absolute Gasteiger partial charge is 0.121 e. The normalized spacial score (nSPS) is 17.6. The van der Waals surface area contributed by atoms with E-state index in [2.05, 4.69) is 11.4 Å². The van der Waals surface area contributed by atoms with Crippen molar-refractivity contribution in [3.63, 3.8) is 0 Å². The molecule has 1 aliphatic rings. The molecule has 0 radical (unpaired) electrons. The monoisotopic (exact) mass is 221 g/mol. The highest BCUT2D eigenvalue weighted by molar-refractivity contribution is 5.37. The number of rotatable bonds is 3. The summed E-state index contributed by atoms with van der Waals surface area (Å²) in [6.45, 7) is 2.62. The Morgan fingerprint density at radius 2 is 2.12 bits per heavy atom. The number of ether oxygens (including phenoxy) is 1. The number of piperidine rings is 1. The third kappa shape index (κ3) is 2.54. The molecule has 0 aliphatic carbocycles. The summed E-state index contributed by atoms with van der Waals surface area (Å²) < 4.78 is 5.02. The van der Waals surface area contributed by atoms with Gasteiger partial charge in [-0.1, -0.05) is 12.1 Å². The van der Waals surface area contributed by atoms with Gasteiger partial charge in [0.15, 0.2) is 0 Å². The lowest BCUT2D eigenvalue weighted by molar-refractivity contribution is 0.182. The van der Waals surface area contributed by atoms with Crippen molar-refractivity contribution in [2.24, 2.45) is 0 Å². The topological polar surface area (TPSA) is 41.5 Å². The highest BCUT2D eigenvalue weighted by Crippen LogP contribution is 2.29. The summed E-state index contributed by atoms with van der Waals surface area (Å²) in [6.07, 6.45) is 2.31. The minimum absolute atomic E-state index is 0.359. The van der Waals surface area contributed by atoms with Crippen molar-refractivity contribution in [1.29, 1.82) is 0 Å². The lowest BCUT2D eigenvalue weighted by Crippen LogP contribution is -2.26. The van der Waals surface area contributed by atoms with E-state index in [1.165, 1.54) is 5.56 Å². The highest BCUT2D eigenvalue weighted by Gasteiger charge is 2.16. The lowest BCUT2D eigenvalue weighted by Gasteiger charge is -2.23. The fraction of sp³-hybridized carbons (Fsp3) is 0.538. The summed E-state index contributed by atoms with van der Waals surface area (Å²) >= 11 is 0. The molecule has 16 heavy (non-hydrogen) atoms. The summed E-state index contributed by atoms with van der Waals surface area (Å²) in [5.41, 5.74) is 2.11. The molecule has 1 saturated heterocycles. The fourth-order valence-corrected chi connectivity index (χ4v) is 2.27. The average molecular weight is 221 g/mol. The third-order valence-corrected chi connectivity index (χ3v) is 3.22. The molecule has 1 aromatic carbocycles. The van der Waals surface area contributed by atoms with E-state index in [9.17, 15) is 5.11 Å². The number of nitrogens with one attached hydrogen (secondary N) is 1. The molecule has 3 heteroatoms. The first-order chi connectivity index (χ1) is 7.81. The summed E-state index contributed by atoms with van der Waals surface area (Å²) in [5.74, 6) is 0.946. The van der Waals surface area contributed by atoms with Crippen LogP contribution in [0.15, 0.2) is 18.2 Å². The average Bonchev–Trinajstić information content (AvgIpc) is 2.33. The maximum Gasteiger partial charge on any atom is 0.121 e. The van der Waals surface area contributed by atoms with E-state index in [1.807, 2.05) is 12.1 Å². The predicted molar refractivity (Wildman–Crippen MR) is 63.7 cm³/mol. The number of hydrogen-bond donors (Lipinski definition) is 2. The molecule has 88 valence electrons. The largest absolute Gasteiger partial charge is 0.508 e. The van der Waals surface area contributed by atoms with Crippen LogP contribution in [0.5, 0.6) is 5.75 Å². The highest BCUT2D eigenvalue weighted by atomic mass is 16.5. The van der Waals surface area contributed by atoms with Crippen LogP contribution in [-0.2, 0) is 11.3 Å². The van der Waals surface area contributed by atoms with Gasteiger partial charge in [0.1, 0.15) is 5.75 Å². The van der Waals surface area contributed by atoms with Crippen molar-refractivity contribution >= 4 is 0 Å². The standard InChI is InChI=1S/C13H19NO2/c1-16-9-12-3-2-11(8-13(12)15)10-4-6-14-7-5-10/h2-3,8,10,14-15H,4-7,9H2,1H3. The molecule has 1 fully saturated rings. The zero-order valence-corrected chi connectivity index (χ0v) is 9.70. The van der Waals surface area contributed by atoms with Crippen LogP contribution in [0.4, 0.5) is 0 Å². The fourth-order valence-electron chi connectivity index (χ4n) is 2.27. The molecular weight excluding hydrogens is 202 g/mol.